The molecule has 0 aromatic heterocycles. The van der Waals surface area contributed by atoms with Crippen molar-refractivity contribution < 1.29 is 23.1 Å². The largest absolute Gasteiger partial charge is 0.469 e. The first kappa shape index (κ1) is 10.5. The highest BCUT2D eigenvalue weighted by atomic mass is 32.2. The first-order chi connectivity index (χ1) is 5.96. The van der Waals surface area contributed by atoms with Crippen molar-refractivity contribution >= 4 is 15.8 Å². The van der Waals surface area contributed by atoms with Crippen LogP contribution in [0, 0.1) is 5.92 Å². The Morgan fingerprint density at radius 1 is 1.54 bits per heavy atom. The minimum atomic E-state index is -3.16. The van der Waals surface area contributed by atoms with Crippen LogP contribution in [-0.2, 0) is 19.4 Å². The van der Waals surface area contributed by atoms with Crippen LogP contribution in [0.5, 0.6) is 0 Å². The quantitative estimate of drug-likeness (QED) is 0.556. The van der Waals surface area contributed by atoms with Crippen LogP contribution in [0.3, 0.4) is 0 Å². The van der Waals surface area contributed by atoms with Gasteiger partial charge in [-0.25, -0.2) is 8.42 Å². The predicted molar refractivity (Wildman–Crippen MR) is 44.8 cm³/mol. The molecule has 0 aliphatic carbocycles. The Labute approximate surface area is 76.6 Å². The van der Waals surface area contributed by atoms with Crippen LogP contribution in [-0.4, -0.2) is 44.2 Å². The molecule has 1 rings (SSSR count). The molecule has 6 heteroatoms. The van der Waals surface area contributed by atoms with E-state index in [1.807, 2.05) is 0 Å². The average Bonchev–Trinajstić information content (AvgIpc) is 2.01. The molecule has 0 saturated carbocycles. The fourth-order valence-electron chi connectivity index (χ4n) is 1.38. The molecule has 1 heterocycles. The number of hydrogen-bond donors (Lipinski definition) is 1. The van der Waals surface area contributed by atoms with Gasteiger partial charge in [-0.05, 0) is 6.42 Å². The summed E-state index contributed by atoms with van der Waals surface area (Å²) in [7, 11) is -1.94. The Hall–Kier alpha value is -0.620. The molecule has 0 unspecified atom stereocenters. The maximum atomic E-state index is 11.0. The van der Waals surface area contributed by atoms with Crippen molar-refractivity contribution in [3.8, 4) is 0 Å². The number of rotatable bonds is 1. The summed E-state index contributed by atoms with van der Waals surface area (Å²) in [4.78, 5) is 11.0. The van der Waals surface area contributed by atoms with Crippen LogP contribution in [0.2, 0.25) is 0 Å². The standard InChI is InChI=1S/C7H12O5S/c1-12-7(9)5-2-3-13(10,11)4-6(5)8/h5-6,8H,2-4H2,1H3/t5-,6+/m0/s1. The number of hydrogen-bond acceptors (Lipinski definition) is 5. The second kappa shape index (κ2) is 3.63. The number of sulfone groups is 1. The number of ether oxygens (including phenoxy) is 1. The molecular formula is C7H12O5S. The van der Waals surface area contributed by atoms with E-state index in [2.05, 4.69) is 4.74 Å². The van der Waals surface area contributed by atoms with Gasteiger partial charge in [-0.15, -0.1) is 0 Å². The zero-order valence-corrected chi connectivity index (χ0v) is 8.08. The van der Waals surface area contributed by atoms with E-state index in [4.69, 9.17) is 0 Å². The average molecular weight is 208 g/mol. The normalized spacial score (nSPS) is 32.5. The summed E-state index contributed by atoms with van der Waals surface area (Å²) >= 11 is 0. The third kappa shape index (κ3) is 2.41. The van der Waals surface area contributed by atoms with E-state index in [0.29, 0.717) is 0 Å². The van der Waals surface area contributed by atoms with E-state index in [1.165, 1.54) is 7.11 Å². The van der Waals surface area contributed by atoms with Gasteiger partial charge in [0.1, 0.15) is 0 Å². The van der Waals surface area contributed by atoms with Gasteiger partial charge in [0.05, 0.1) is 30.6 Å². The van der Waals surface area contributed by atoms with E-state index in [9.17, 15) is 18.3 Å². The molecule has 1 aliphatic heterocycles. The minimum Gasteiger partial charge on any atom is -0.469 e. The van der Waals surface area contributed by atoms with E-state index in [0.717, 1.165) is 0 Å². The van der Waals surface area contributed by atoms with Crippen LogP contribution >= 0.6 is 0 Å². The fraction of sp³-hybridized carbons (Fsp3) is 0.857. The van der Waals surface area contributed by atoms with Crippen molar-refractivity contribution in [2.45, 2.75) is 12.5 Å². The first-order valence-corrected chi connectivity index (χ1v) is 5.75. The molecule has 0 spiro atoms. The summed E-state index contributed by atoms with van der Waals surface area (Å²) in [6, 6.07) is 0. The molecule has 0 aromatic carbocycles. The Morgan fingerprint density at radius 2 is 2.15 bits per heavy atom. The summed E-state index contributed by atoms with van der Waals surface area (Å²) in [5.41, 5.74) is 0. The summed E-state index contributed by atoms with van der Waals surface area (Å²) in [5, 5.41) is 9.33. The third-order valence-electron chi connectivity index (χ3n) is 2.13. The monoisotopic (exact) mass is 208 g/mol. The number of carbonyl (C=O) groups is 1. The molecule has 13 heavy (non-hydrogen) atoms. The zero-order chi connectivity index (χ0) is 10.1. The SMILES string of the molecule is COC(=O)[C@H]1CCS(=O)(=O)C[C@H]1O. The van der Waals surface area contributed by atoms with Gasteiger partial charge in [-0.3, -0.25) is 4.79 Å². The minimum absolute atomic E-state index is 0.0518. The van der Waals surface area contributed by atoms with Crippen LogP contribution < -0.4 is 0 Å². The van der Waals surface area contributed by atoms with Gasteiger partial charge in [0.15, 0.2) is 9.84 Å². The van der Waals surface area contributed by atoms with Gasteiger partial charge < -0.3 is 9.84 Å². The lowest BCUT2D eigenvalue weighted by Gasteiger charge is -2.24. The van der Waals surface area contributed by atoms with Crippen molar-refractivity contribution in [2.75, 3.05) is 18.6 Å². The Morgan fingerprint density at radius 3 is 2.62 bits per heavy atom. The highest BCUT2D eigenvalue weighted by Gasteiger charge is 2.36. The lowest BCUT2D eigenvalue weighted by Crippen LogP contribution is -2.41. The molecule has 0 aromatic rings. The molecule has 0 amide bonds. The molecule has 5 nitrogen and oxygen atoms in total. The van der Waals surface area contributed by atoms with Crippen LogP contribution in [0.25, 0.3) is 0 Å². The van der Waals surface area contributed by atoms with E-state index in [-0.39, 0.29) is 17.9 Å². The maximum Gasteiger partial charge on any atom is 0.311 e. The van der Waals surface area contributed by atoms with Gasteiger partial charge in [0.25, 0.3) is 0 Å². The zero-order valence-electron chi connectivity index (χ0n) is 7.26. The van der Waals surface area contributed by atoms with Crippen LogP contribution in [0.1, 0.15) is 6.42 Å². The molecule has 0 bridgehead atoms. The van der Waals surface area contributed by atoms with Gasteiger partial charge in [0.2, 0.25) is 0 Å². The number of aliphatic hydroxyl groups is 1. The molecule has 2 atom stereocenters. The molecule has 1 fully saturated rings. The van der Waals surface area contributed by atoms with Crippen molar-refractivity contribution in [1.82, 2.24) is 0 Å². The molecule has 1 aliphatic rings. The van der Waals surface area contributed by atoms with Crippen LogP contribution in [0.15, 0.2) is 0 Å². The summed E-state index contributed by atoms with van der Waals surface area (Å²) in [6.07, 6.45) is -0.970. The van der Waals surface area contributed by atoms with Gasteiger partial charge in [0, 0.05) is 0 Å². The number of aliphatic hydroxyl groups excluding tert-OH is 1. The third-order valence-corrected chi connectivity index (χ3v) is 3.84. The summed E-state index contributed by atoms with van der Waals surface area (Å²) in [6.45, 7) is 0. The van der Waals surface area contributed by atoms with Crippen molar-refractivity contribution in [3.63, 3.8) is 0 Å². The maximum absolute atomic E-state index is 11.0. The first-order valence-electron chi connectivity index (χ1n) is 3.92. The Kier molecular flexibility index (Phi) is 2.92. The fourth-order valence-corrected chi connectivity index (χ4v) is 2.92. The predicted octanol–water partition coefficient (Wildman–Crippen LogP) is -1.04. The molecule has 1 saturated heterocycles. The molecule has 1 N–H and O–H groups in total. The smallest absolute Gasteiger partial charge is 0.311 e. The number of methoxy groups -OCH3 is 1. The van der Waals surface area contributed by atoms with Crippen molar-refractivity contribution in [3.05, 3.63) is 0 Å². The van der Waals surface area contributed by atoms with E-state index >= 15 is 0 Å². The van der Waals surface area contributed by atoms with Crippen LogP contribution in [0.4, 0.5) is 0 Å². The van der Waals surface area contributed by atoms with E-state index in [1.54, 1.807) is 0 Å². The second-order valence-electron chi connectivity index (χ2n) is 3.10. The molecule has 0 radical (unpaired) electrons. The second-order valence-corrected chi connectivity index (χ2v) is 5.33. The van der Waals surface area contributed by atoms with E-state index < -0.39 is 27.8 Å². The summed E-state index contributed by atoms with van der Waals surface area (Å²) in [5.74, 6) is -1.62. The Balaban J connectivity index is 2.69. The van der Waals surface area contributed by atoms with Gasteiger partial charge in [-0.2, -0.15) is 0 Å². The molecular weight excluding hydrogens is 196 g/mol. The number of esters is 1. The lowest BCUT2D eigenvalue weighted by molar-refractivity contribution is -0.149. The lowest BCUT2D eigenvalue weighted by atomic mass is 10.0. The van der Waals surface area contributed by atoms with Gasteiger partial charge in [-0.1, -0.05) is 0 Å². The Bertz CT molecular complexity index is 294. The molecule has 76 valence electrons. The topological polar surface area (TPSA) is 80.7 Å². The highest BCUT2D eigenvalue weighted by molar-refractivity contribution is 7.91. The highest BCUT2D eigenvalue weighted by Crippen LogP contribution is 2.20. The van der Waals surface area contributed by atoms with Crippen molar-refractivity contribution in [1.29, 1.82) is 0 Å². The number of carbonyl (C=O) groups excluding carboxylic acids is 1. The van der Waals surface area contributed by atoms with Gasteiger partial charge >= 0.3 is 5.97 Å². The summed E-state index contributed by atoms with van der Waals surface area (Å²) < 4.78 is 26.4. The van der Waals surface area contributed by atoms with Crippen molar-refractivity contribution in [2.24, 2.45) is 5.92 Å².